The molecule has 3 rings (SSSR count). The van der Waals surface area contributed by atoms with E-state index < -0.39 is 23.7 Å². The van der Waals surface area contributed by atoms with Gasteiger partial charge < -0.3 is 20.1 Å². The van der Waals surface area contributed by atoms with Crippen molar-refractivity contribution in [2.45, 2.75) is 39.0 Å². The van der Waals surface area contributed by atoms with E-state index in [-0.39, 0.29) is 31.1 Å². The van der Waals surface area contributed by atoms with Gasteiger partial charge in [-0.05, 0) is 72.5 Å². The van der Waals surface area contributed by atoms with Crippen LogP contribution in [0, 0.1) is 0 Å². The van der Waals surface area contributed by atoms with Crippen LogP contribution in [0.4, 0.5) is 18.0 Å². The second-order valence-corrected chi connectivity index (χ2v) is 9.15. The zero-order chi connectivity index (χ0) is 28.0. The van der Waals surface area contributed by atoms with Crippen molar-refractivity contribution < 1.29 is 32.6 Å². The van der Waals surface area contributed by atoms with E-state index >= 15 is 0 Å². The van der Waals surface area contributed by atoms with Crippen LogP contribution in [0.3, 0.4) is 0 Å². The first kappa shape index (κ1) is 28.8. The minimum absolute atomic E-state index is 0.124. The van der Waals surface area contributed by atoms with Crippen LogP contribution < -0.4 is 10.1 Å². The Morgan fingerprint density at radius 2 is 1.74 bits per heavy atom. The topological polar surface area (TPSA) is 78.9 Å². The number of urea groups is 1. The highest BCUT2D eigenvalue weighted by molar-refractivity contribution is 6.30. The van der Waals surface area contributed by atoms with Gasteiger partial charge in [0, 0.05) is 23.7 Å². The molecule has 1 atom stereocenters. The molecule has 0 spiro atoms. The van der Waals surface area contributed by atoms with E-state index in [1.165, 1.54) is 18.1 Å². The third kappa shape index (κ3) is 7.19. The molecule has 0 bridgehead atoms. The second-order valence-electron chi connectivity index (χ2n) is 8.71. The van der Waals surface area contributed by atoms with E-state index in [4.69, 9.17) is 16.3 Å². The van der Waals surface area contributed by atoms with Gasteiger partial charge in [0.25, 0.3) is 0 Å². The summed E-state index contributed by atoms with van der Waals surface area (Å²) in [6, 6.07) is 14.2. The number of hydrogen-bond donors (Lipinski definition) is 2. The fourth-order valence-corrected chi connectivity index (χ4v) is 4.18. The van der Waals surface area contributed by atoms with Gasteiger partial charge in [-0.25, -0.2) is 4.79 Å². The van der Waals surface area contributed by atoms with Crippen LogP contribution in [-0.2, 0) is 23.9 Å². The van der Waals surface area contributed by atoms with Gasteiger partial charge in [0.1, 0.15) is 5.75 Å². The molecule has 3 aromatic rings. The summed E-state index contributed by atoms with van der Waals surface area (Å²) < 4.78 is 46.3. The van der Waals surface area contributed by atoms with Crippen molar-refractivity contribution in [3.63, 3.8) is 0 Å². The number of benzene rings is 3. The van der Waals surface area contributed by atoms with Crippen LogP contribution in [0.15, 0.2) is 60.7 Å². The second kappa shape index (κ2) is 12.2. The highest BCUT2D eigenvalue weighted by Gasteiger charge is 2.32. The molecule has 0 aromatic heterocycles. The number of methoxy groups -OCH3 is 1. The molecule has 0 radical (unpaired) electrons. The summed E-state index contributed by atoms with van der Waals surface area (Å²) in [4.78, 5) is 25.8. The van der Waals surface area contributed by atoms with Crippen LogP contribution in [0.5, 0.6) is 5.75 Å². The lowest BCUT2D eigenvalue weighted by molar-refractivity contribution is -0.138. The molecular weight excluding hydrogens is 521 g/mol. The monoisotopic (exact) mass is 548 g/mol. The van der Waals surface area contributed by atoms with Crippen molar-refractivity contribution in [2.75, 3.05) is 13.7 Å². The minimum Gasteiger partial charge on any atom is -0.496 e. The van der Waals surface area contributed by atoms with Gasteiger partial charge in [-0.15, -0.1) is 0 Å². The van der Waals surface area contributed by atoms with Crippen molar-refractivity contribution in [1.29, 1.82) is 0 Å². The van der Waals surface area contributed by atoms with Crippen molar-refractivity contribution in [3.8, 4) is 16.9 Å². The molecule has 3 aromatic carbocycles. The van der Waals surface area contributed by atoms with Crippen LogP contribution in [0.1, 0.15) is 42.1 Å². The van der Waals surface area contributed by atoms with E-state index in [1.54, 1.807) is 56.3 Å². The maximum Gasteiger partial charge on any atom is 0.416 e. The molecule has 0 unspecified atom stereocenters. The van der Waals surface area contributed by atoms with E-state index in [2.05, 4.69) is 5.32 Å². The number of nitrogens with one attached hydrogen (secondary N) is 1. The number of amides is 2. The molecule has 0 heterocycles. The molecule has 2 amide bonds. The number of carbonyl (C=O) groups is 2. The summed E-state index contributed by atoms with van der Waals surface area (Å²) >= 11 is 5.94. The van der Waals surface area contributed by atoms with Gasteiger partial charge in [-0.3, -0.25) is 4.79 Å². The smallest absolute Gasteiger partial charge is 0.416 e. The van der Waals surface area contributed by atoms with Gasteiger partial charge >= 0.3 is 18.2 Å². The predicted octanol–water partition coefficient (Wildman–Crippen LogP) is 6.95. The Morgan fingerprint density at radius 1 is 1.05 bits per heavy atom. The predicted molar refractivity (Wildman–Crippen MR) is 139 cm³/mol. The molecule has 0 aliphatic rings. The summed E-state index contributed by atoms with van der Waals surface area (Å²) in [5, 5.41) is 12.6. The van der Waals surface area contributed by atoms with Gasteiger partial charge in [-0.1, -0.05) is 35.9 Å². The number of carboxylic acids is 1. The molecule has 38 heavy (non-hydrogen) atoms. The molecule has 0 aliphatic heterocycles. The highest BCUT2D eigenvalue weighted by Crippen LogP contribution is 2.38. The SMILES string of the molecule is CCN(Cc1cc(C(F)(F)F)ccc1-c1cc(CC(=O)O)ccc1OC)C(=O)N[C@H](C)c1ccc(Cl)cc1. The molecule has 10 heteroatoms. The zero-order valence-electron chi connectivity index (χ0n) is 21.1. The Morgan fingerprint density at radius 3 is 2.32 bits per heavy atom. The molecule has 6 nitrogen and oxygen atoms in total. The average molecular weight is 549 g/mol. The Labute approximate surface area is 224 Å². The van der Waals surface area contributed by atoms with Gasteiger partial charge in [0.05, 0.1) is 25.1 Å². The highest BCUT2D eigenvalue weighted by atomic mass is 35.5. The maximum atomic E-state index is 13.6. The fourth-order valence-electron chi connectivity index (χ4n) is 4.06. The Kier molecular flexibility index (Phi) is 9.27. The molecule has 0 saturated carbocycles. The van der Waals surface area contributed by atoms with E-state index in [1.807, 2.05) is 0 Å². The number of hydrogen-bond acceptors (Lipinski definition) is 3. The number of halogens is 4. The number of ether oxygens (including phenoxy) is 1. The summed E-state index contributed by atoms with van der Waals surface area (Å²) in [5.41, 5.74) is 1.49. The maximum absolute atomic E-state index is 13.6. The number of carbonyl (C=O) groups excluding carboxylic acids is 1. The third-order valence-electron chi connectivity index (χ3n) is 6.08. The first-order valence-corrected chi connectivity index (χ1v) is 12.2. The zero-order valence-corrected chi connectivity index (χ0v) is 21.9. The quantitative estimate of drug-likeness (QED) is 0.303. The fraction of sp³-hybridized carbons (Fsp3) is 0.286. The molecule has 0 fully saturated rings. The first-order chi connectivity index (χ1) is 17.9. The van der Waals surface area contributed by atoms with E-state index in [9.17, 15) is 27.9 Å². The Hall–Kier alpha value is -3.72. The van der Waals surface area contributed by atoms with Crippen molar-refractivity contribution in [2.24, 2.45) is 0 Å². The lowest BCUT2D eigenvalue weighted by Crippen LogP contribution is -2.40. The molecule has 0 aliphatic carbocycles. The average Bonchev–Trinajstić information content (AvgIpc) is 2.86. The standard InChI is InChI=1S/C28H28ClF3N2O4/c1-4-34(27(37)33-17(2)19-6-9-22(29)10-7-19)16-20-15-21(28(30,31)32)8-11-23(20)24-13-18(14-26(35)36)5-12-25(24)38-3/h5-13,15,17H,4,14,16H2,1-3H3,(H,33,37)(H,35,36)/t17-/m1/s1. The van der Waals surface area contributed by atoms with Crippen LogP contribution >= 0.6 is 11.6 Å². The van der Waals surface area contributed by atoms with Gasteiger partial charge in [-0.2, -0.15) is 13.2 Å². The Bertz CT molecular complexity index is 1300. The van der Waals surface area contributed by atoms with Crippen LogP contribution in [0.25, 0.3) is 11.1 Å². The lowest BCUT2D eigenvalue weighted by atomic mass is 9.94. The first-order valence-electron chi connectivity index (χ1n) is 11.8. The molecular formula is C28H28ClF3N2O4. The summed E-state index contributed by atoms with van der Waals surface area (Å²) in [6.07, 6.45) is -4.86. The number of rotatable bonds is 9. The van der Waals surface area contributed by atoms with Gasteiger partial charge in [0.2, 0.25) is 0 Å². The number of alkyl halides is 3. The lowest BCUT2D eigenvalue weighted by Gasteiger charge is -2.26. The Balaban J connectivity index is 2.00. The van der Waals surface area contributed by atoms with Crippen molar-refractivity contribution >= 4 is 23.6 Å². The van der Waals surface area contributed by atoms with E-state index in [0.717, 1.165) is 17.7 Å². The van der Waals surface area contributed by atoms with Gasteiger partial charge in [0.15, 0.2) is 0 Å². The van der Waals surface area contributed by atoms with Crippen molar-refractivity contribution in [1.82, 2.24) is 10.2 Å². The number of nitrogens with zero attached hydrogens (tertiary/aromatic N) is 1. The van der Waals surface area contributed by atoms with Crippen molar-refractivity contribution in [3.05, 3.63) is 87.9 Å². The largest absolute Gasteiger partial charge is 0.496 e. The summed E-state index contributed by atoms with van der Waals surface area (Å²) in [5.74, 6) is -0.679. The normalized spacial score (nSPS) is 12.1. The summed E-state index contributed by atoms with van der Waals surface area (Å²) in [6.45, 7) is 3.63. The number of aliphatic carboxylic acids is 1. The molecule has 0 saturated heterocycles. The minimum atomic E-state index is -4.59. The van der Waals surface area contributed by atoms with Crippen LogP contribution in [0.2, 0.25) is 5.02 Å². The van der Waals surface area contributed by atoms with E-state index in [0.29, 0.717) is 27.5 Å². The third-order valence-corrected chi connectivity index (χ3v) is 6.33. The number of carboxylic acid groups (broad SMARTS) is 1. The molecule has 2 N–H and O–H groups in total. The van der Waals surface area contributed by atoms with Crippen LogP contribution in [-0.4, -0.2) is 35.7 Å². The summed E-state index contributed by atoms with van der Waals surface area (Å²) in [7, 11) is 1.42. The molecule has 202 valence electrons.